The zero-order chi connectivity index (χ0) is 15.4. The van der Waals surface area contributed by atoms with E-state index in [4.69, 9.17) is 5.73 Å². The maximum atomic E-state index is 12.1. The number of amides is 1. The van der Waals surface area contributed by atoms with Gasteiger partial charge in [-0.05, 0) is 38.1 Å². The van der Waals surface area contributed by atoms with Gasteiger partial charge >= 0.3 is 0 Å². The second kappa shape index (κ2) is 6.30. The molecule has 2 rings (SSSR count). The number of nitrogen functional groups attached to an aromatic ring is 1. The molecular formula is C15H21N5O. The first-order chi connectivity index (χ1) is 10.1. The summed E-state index contributed by atoms with van der Waals surface area (Å²) in [6.45, 7) is 6.14. The zero-order valence-electron chi connectivity index (χ0n) is 12.6. The molecule has 6 heteroatoms. The van der Waals surface area contributed by atoms with E-state index in [1.807, 2.05) is 24.3 Å². The Hall–Kier alpha value is -2.50. The maximum Gasteiger partial charge on any atom is 0.261 e. The number of aromatic nitrogens is 2. The number of nitrogens with zero attached hydrogens (tertiary/aromatic N) is 3. The van der Waals surface area contributed by atoms with Crippen molar-refractivity contribution in [1.29, 1.82) is 0 Å². The Balaban J connectivity index is 2.10. The average Bonchev–Trinajstić information content (AvgIpc) is 2.82. The van der Waals surface area contributed by atoms with Crippen molar-refractivity contribution >= 4 is 23.1 Å². The molecule has 0 saturated carbocycles. The number of nitrogens with one attached hydrogen (secondary N) is 1. The highest BCUT2D eigenvalue weighted by Crippen LogP contribution is 2.19. The first-order valence-corrected chi connectivity index (χ1v) is 7.00. The summed E-state index contributed by atoms with van der Waals surface area (Å²) in [5.41, 5.74) is 8.04. The molecule has 1 amide bonds. The van der Waals surface area contributed by atoms with Gasteiger partial charge in [0.15, 0.2) is 0 Å². The summed E-state index contributed by atoms with van der Waals surface area (Å²) in [7, 11) is 1.70. The van der Waals surface area contributed by atoms with Crippen molar-refractivity contribution in [1.82, 2.24) is 9.78 Å². The second-order valence-corrected chi connectivity index (χ2v) is 4.74. The van der Waals surface area contributed by atoms with Crippen LogP contribution in [0.15, 0.2) is 30.5 Å². The van der Waals surface area contributed by atoms with Gasteiger partial charge in [0, 0.05) is 31.5 Å². The summed E-state index contributed by atoms with van der Waals surface area (Å²) in [5, 5.41) is 6.79. The van der Waals surface area contributed by atoms with Crippen LogP contribution in [0.4, 0.5) is 17.2 Å². The molecule has 0 radical (unpaired) electrons. The predicted molar refractivity (Wildman–Crippen MR) is 85.6 cm³/mol. The molecular weight excluding hydrogens is 266 g/mol. The van der Waals surface area contributed by atoms with E-state index in [0.717, 1.165) is 24.5 Å². The van der Waals surface area contributed by atoms with Crippen molar-refractivity contribution in [3.8, 4) is 0 Å². The van der Waals surface area contributed by atoms with Crippen LogP contribution in [0, 0.1) is 0 Å². The Kier molecular flexibility index (Phi) is 4.47. The van der Waals surface area contributed by atoms with E-state index < -0.39 is 0 Å². The molecule has 0 fully saturated rings. The molecule has 0 unspecified atom stereocenters. The van der Waals surface area contributed by atoms with Gasteiger partial charge in [0.05, 0.1) is 6.20 Å². The van der Waals surface area contributed by atoms with E-state index in [1.165, 1.54) is 10.9 Å². The lowest BCUT2D eigenvalue weighted by molar-refractivity contribution is 0.102. The minimum Gasteiger partial charge on any atom is -0.383 e. The second-order valence-electron chi connectivity index (χ2n) is 4.74. The minimum absolute atomic E-state index is 0.254. The van der Waals surface area contributed by atoms with Crippen LogP contribution in [0.25, 0.3) is 0 Å². The number of hydrogen-bond donors (Lipinski definition) is 2. The number of nitrogens with two attached hydrogens (primary N) is 1. The molecule has 6 nitrogen and oxygen atoms in total. The van der Waals surface area contributed by atoms with Crippen molar-refractivity contribution in [2.24, 2.45) is 7.05 Å². The summed E-state index contributed by atoms with van der Waals surface area (Å²) >= 11 is 0. The quantitative estimate of drug-likeness (QED) is 0.883. The standard InChI is InChI=1S/C15H21N5O/c1-4-20(5-2)12-8-6-11(7-9-12)18-15(21)13-10-17-19(3)14(13)16/h6-10H,4-5,16H2,1-3H3,(H,18,21). The normalized spacial score (nSPS) is 10.4. The van der Waals surface area contributed by atoms with Gasteiger partial charge < -0.3 is 16.0 Å². The van der Waals surface area contributed by atoms with Crippen LogP contribution < -0.4 is 16.0 Å². The number of hydrogen-bond acceptors (Lipinski definition) is 4. The van der Waals surface area contributed by atoms with Crippen molar-refractivity contribution < 1.29 is 4.79 Å². The summed E-state index contributed by atoms with van der Waals surface area (Å²) in [6.07, 6.45) is 1.47. The molecule has 0 aliphatic rings. The van der Waals surface area contributed by atoms with Crippen molar-refractivity contribution in [2.45, 2.75) is 13.8 Å². The molecule has 21 heavy (non-hydrogen) atoms. The predicted octanol–water partition coefficient (Wildman–Crippen LogP) is 2.10. The number of aryl methyl sites for hydroxylation is 1. The first-order valence-electron chi connectivity index (χ1n) is 7.00. The van der Waals surface area contributed by atoms with E-state index >= 15 is 0 Å². The van der Waals surface area contributed by atoms with E-state index in [-0.39, 0.29) is 5.91 Å². The fraction of sp³-hybridized carbons (Fsp3) is 0.333. The molecule has 0 aliphatic carbocycles. The molecule has 0 saturated heterocycles. The smallest absolute Gasteiger partial charge is 0.261 e. The highest BCUT2D eigenvalue weighted by molar-refractivity contribution is 6.07. The van der Waals surface area contributed by atoms with E-state index in [2.05, 4.69) is 29.2 Å². The van der Waals surface area contributed by atoms with E-state index in [1.54, 1.807) is 7.05 Å². The van der Waals surface area contributed by atoms with Gasteiger partial charge in [-0.25, -0.2) is 0 Å². The zero-order valence-corrected chi connectivity index (χ0v) is 12.6. The molecule has 1 heterocycles. The molecule has 1 aromatic heterocycles. The van der Waals surface area contributed by atoms with Gasteiger partial charge in [0.25, 0.3) is 5.91 Å². The lowest BCUT2D eigenvalue weighted by atomic mass is 10.2. The summed E-state index contributed by atoms with van der Waals surface area (Å²) in [5.74, 6) is 0.100. The molecule has 3 N–H and O–H groups in total. The lowest BCUT2D eigenvalue weighted by Crippen LogP contribution is -2.21. The average molecular weight is 287 g/mol. The molecule has 1 aromatic carbocycles. The first kappa shape index (κ1) is 14.9. The highest BCUT2D eigenvalue weighted by atomic mass is 16.1. The molecule has 0 spiro atoms. The van der Waals surface area contributed by atoms with Crippen LogP contribution in [0.3, 0.4) is 0 Å². The van der Waals surface area contributed by atoms with Crippen molar-refractivity contribution in [2.75, 3.05) is 29.0 Å². The largest absolute Gasteiger partial charge is 0.383 e. The number of benzene rings is 1. The third-order valence-electron chi connectivity index (χ3n) is 3.48. The third-order valence-corrected chi connectivity index (χ3v) is 3.48. The summed E-state index contributed by atoms with van der Waals surface area (Å²) in [4.78, 5) is 14.4. The van der Waals surface area contributed by atoms with Crippen LogP contribution in [0.1, 0.15) is 24.2 Å². The van der Waals surface area contributed by atoms with Crippen molar-refractivity contribution in [3.63, 3.8) is 0 Å². The van der Waals surface area contributed by atoms with Crippen LogP contribution >= 0.6 is 0 Å². The Labute approximate surface area is 124 Å². The fourth-order valence-corrected chi connectivity index (χ4v) is 2.16. The fourth-order valence-electron chi connectivity index (χ4n) is 2.16. The van der Waals surface area contributed by atoms with Gasteiger partial charge in [-0.1, -0.05) is 0 Å². The number of carbonyl (C=O) groups is 1. The van der Waals surface area contributed by atoms with Gasteiger partial charge in [-0.15, -0.1) is 0 Å². The van der Waals surface area contributed by atoms with E-state index in [9.17, 15) is 4.79 Å². The van der Waals surface area contributed by atoms with E-state index in [0.29, 0.717) is 11.4 Å². The Morgan fingerprint density at radius 2 is 1.90 bits per heavy atom. The van der Waals surface area contributed by atoms with Crippen molar-refractivity contribution in [3.05, 3.63) is 36.0 Å². The summed E-state index contributed by atoms with van der Waals surface area (Å²) in [6, 6.07) is 7.76. The maximum absolute atomic E-state index is 12.1. The van der Waals surface area contributed by atoms with Crippen LogP contribution in [0.5, 0.6) is 0 Å². The van der Waals surface area contributed by atoms with Crippen LogP contribution in [0.2, 0.25) is 0 Å². The lowest BCUT2D eigenvalue weighted by Gasteiger charge is -2.21. The van der Waals surface area contributed by atoms with Crippen LogP contribution in [-0.2, 0) is 7.05 Å². The minimum atomic E-state index is -0.254. The summed E-state index contributed by atoms with van der Waals surface area (Å²) < 4.78 is 1.47. The molecule has 0 aliphatic heterocycles. The molecule has 112 valence electrons. The Bertz CT molecular complexity index is 613. The van der Waals surface area contributed by atoms with Gasteiger partial charge in [-0.2, -0.15) is 5.10 Å². The van der Waals surface area contributed by atoms with Gasteiger partial charge in [-0.3, -0.25) is 9.48 Å². The monoisotopic (exact) mass is 287 g/mol. The SMILES string of the molecule is CCN(CC)c1ccc(NC(=O)c2cnn(C)c2N)cc1. The third kappa shape index (κ3) is 3.16. The topological polar surface area (TPSA) is 76.2 Å². The van der Waals surface area contributed by atoms with Gasteiger partial charge in [0.2, 0.25) is 0 Å². The molecule has 2 aromatic rings. The Morgan fingerprint density at radius 3 is 2.38 bits per heavy atom. The number of carbonyl (C=O) groups excluding carboxylic acids is 1. The molecule has 0 atom stereocenters. The van der Waals surface area contributed by atoms with Gasteiger partial charge in [0.1, 0.15) is 11.4 Å². The Morgan fingerprint density at radius 1 is 1.29 bits per heavy atom. The van der Waals surface area contributed by atoms with Crippen LogP contribution in [-0.4, -0.2) is 28.8 Å². The highest BCUT2D eigenvalue weighted by Gasteiger charge is 2.13. The number of rotatable bonds is 5. The number of anilines is 3. The molecule has 0 bridgehead atoms.